The third-order valence-corrected chi connectivity index (χ3v) is 3.56. The molecule has 2 N–H and O–H groups in total. The van der Waals surface area contributed by atoms with Gasteiger partial charge in [0.2, 0.25) is 5.91 Å². The van der Waals surface area contributed by atoms with Crippen molar-refractivity contribution in [1.29, 1.82) is 0 Å². The fourth-order valence-electron chi connectivity index (χ4n) is 2.36. The lowest BCUT2D eigenvalue weighted by Gasteiger charge is -2.38. The van der Waals surface area contributed by atoms with E-state index < -0.39 is 0 Å². The summed E-state index contributed by atoms with van der Waals surface area (Å²) in [6.45, 7) is 4.47. The minimum Gasteiger partial charge on any atom is -0.391 e. The van der Waals surface area contributed by atoms with E-state index in [2.05, 4.69) is 5.32 Å². The summed E-state index contributed by atoms with van der Waals surface area (Å²) in [5.41, 5.74) is 0. The topological polar surface area (TPSA) is 52.6 Å². The summed E-state index contributed by atoms with van der Waals surface area (Å²) in [5, 5.41) is 12.7. The first-order valence-corrected chi connectivity index (χ1v) is 6.25. The predicted molar refractivity (Wildman–Crippen MR) is 64.2 cm³/mol. The number of amides is 1. The number of nitrogens with one attached hydrogen (secondary N) is 1. The Morgan fingerprint density at radius 2 is 2.12 bits per heavy atom. The molecule has 0 bridgehead atoms. The van der Waals surface area contributed by atoms with Crippen LogP contribution in [0.5, 0.6) is 0 Å². The van der Waals surface area contributed by atoms with E-state index >= 15 is 0 Å². The summed E-state index contributed by atoms with van der Waals surface area (Å²) in [4.78, 5) is 13.7. The number of hydrogen-bond acceptors (Lipinski definition) is 3. The van der Waals surface area contributed by atoms with Crippen molar-refractivity contribution in [3.8, 4) is 0 Å². The molecular formula is C12H24N2O2. The van der Waals surface area contributed by atoms with Gasteiger partial charge in [0.15, 0.2) is 0 Å². The smallest absolute Gasteiger partial charge is 0.237 e. The molecule has 3 unspecified atom stereocenters. The van der Waals surface area contributed by atoms with E-state index in [1.165, 1.54) is 0 Å². The van der Waals surface area contributed by atoms with Crippen LogP contribution >= 0.6 is 0 Å². The van der Waals surface area contributed by atoms with Crippen LogP contribution in [0, 0.1) is 0 Å². The summed E-state index contributed by atoms with van der Waals surface area (Å²) in [6, 6.07) is -0.0379. The van der Waals surface area contributed by atoms with Crippen molar-refractivity contribution in [2.24, 2.45) is 0 Å². The first-order valence-electron chi connectivity index (χ1n) is 6.25. The molecule has 0 aromatic rings. The Hall–Kier alpha value is -0.610. The molecule has 1 fully saturated rings. The number of rotatable bonds is 4. The van der Waals surface area contributed by atoms with Crippen molar-refractivity contribution in [3.05, 3.63) is 0 Å². The molecule has 0 spiro atoms. The quantitative estimate of drug-likeness (QED) is 0.746. The number of nitrogens with zero attached hydrogens (tertiary/aromatic N) is 1. The zero-order chi connectivity index (χ0) is 12.1. The number of aliphatic hydroxyl groups excluding tert-OH is 1. The molecule has 1 aliphatic rings. The van der Waals surface area contributed by atoms with E-state index in [0.29, 0.717) is 6.54 Å². The van der Waals surface area contributed by atoms with Crippen LogP contribution in [0.2, 0.25) is 0 Å². The van der Waals surface area contributed by atoms with Crippen molar-refractivity contribution in [3.63, 3.8) is 0 Å². The van der Waals surface area contributed by atoms with E-state index in [1.54, 1.807) is 0 Å². The highest BCUT2D eigenvalue weighted by molar-refractivity contribution is 5.81. The first-order chi connectivity index (χ1) is 7.57. The molecule has 0 aliphatic heterocycles. The third kappa shape index (κ3) is 3.19. The number of carbonyl (C=O) groups is 1. The molecule has 0 saturated heterocycles. The van der Waals surface area contributed by atoms with Gasteiger partial charge in [-0.1, -0.05) is 12.8 Å². The Kier molecular flexibility index (Phi) is 5.22. The average molecular weight is 228 g/mol. The molecule has 1 rings (SSSR count). The van der Waals surface area contributed by atoms with Crippen LogP contribution in [0.1, 0.15) is 39.5 Å². The van der Waals surface area contributed by atoms with E-state index in [1.807, 2.05) is 25.8 Å². The molecule has 16 heavy (non-hydrogen) atoms. The second-order valence-corrected chi connectivity index (χ2v) is 4.66. The van der Waals surface area contributed by atoms with Gasteiger partial charge in [-0.2, -0.15) is 0 Å². The zero-order valence-electron chi connectivity index (χ0n) is 10.6. The van der Waals surface area contributed by atoms with Crippen molar-refractivity contribution in [2.45, 2.75) is 57.7 Å². The summed E-state index contributed by atoms with van der Waals surface area (Å²) in [5.74, 6) is 0.0442. The fraction of sp³-hybridized carbons (Fsp3) is 0.917. The average Bonchev–Trinajstić information content (AvgIpc) is 2.28. The Morgan fingerprint density at radius 1 is 1.50 bits per heavy atom. The minimum atomic E-state index is -0.282. The highest BCUT2D eigenvalue weighted by Gasteiger charge is 2.31. The van der Waals surface area contributed by atoms with Gasteiger partial charge < -0.3 is 10.4 Å². The first kappa shape index (κ1) is 13.5. The van der Waals surface area contributed by atoms with Crippen molar-refractivity contribution in [1.82, 2.24) is 10.2 Å². The van der Waals surface area contributed by atoms with Gasteiger partial charge >= 0.3 is 0 Å². The fourth-order valence-corrected chi connectivity index (χ4v) is 2.36. The molecule has 1 saturated carbocycles. The van der Waals surface area contributed by atoms with Gasteiger partial charge in [-0.25, -0.2) is 0 Å². The molecular weight excluding hydrogens is 204 g/mol. The third-order valence-electron chi connectivity index (χ3n) is 3.56. The Labute approximate surface area is 98.0 Å². The van der Waals surface area contributed by atoms with Crippen LogP contribution < -0.4 is 5.32 Å². The Morgan fingerprint density at radius 3 is 2.69 bits per heavy atom. The summed E-state index contributed by atoms with van der Waals surface area (Å²) in [7, 11) is 1.93. The van der Waals surface area contributed by atoms with E-state index in [-0.39, 0.29) is 24.1 Å². The van der Waals surface area contributed by atoms with E-state index in [0.717, 1.165) is 25.7 Å². The summed E-state index contributed by atoms with van der Waals surface area (Å²) >= 11 is 0. The Bertz CT molecular complexity index is 233. The number of aliphatic hydroxyl groups is 1. The van der Waals surface area contributed by atoms with Crippen LogP contribution in [-0.4, -0.2) is 47.7 Å². The monoisotopic (exact) mass is 228 g/mol. The predicted octanol–water partition coefficient (Wildman–Crippen LogP) is 0.746. The summed E-state index contributed by atoms with van der Waals surface area (Å²) < 4.78 is 0. The molecule has 94 valence electrons. The molecule has 4 nitrogen and oxygen atoms in total. The van der Waals surface area contributed by atoms with Gasteiger partial charge in [0.25, 0.3) is 0 Å². The van der Waals surface area contributed by atoms with Gasteiger partial charge in [-0.3, -0.25) is 9.69 Å². The zero-order valence-corrected chi connectivity index (χ0v) is 10.6. The number of hydrogen-bond donors (Lipinski definition) is 2. The second kappa shape index (κ2) is 6.21. The highest BCUT2D eigenvalue weighted by atomic mass is 16.3. The maximum absolute atomic E-state index is 11.7. The van der Waals surface area contributed by atoms with Crippen LogP contribution in [-0.2, 0) is 4.79 Å². The lowest BCUT2D eigenvalue weighted by molar-refractivity contribution is -0.127. The van der Waals surface area contributed by atoms with Gasteiger partial charge in [0, 0.05) is 12.6 Å². The van der Waals surface area contributed by atoms with E-state index in [9.17, 15) is 9.90 Å². The molecule has 4 heteroatoms. The van der Waals surface area contributed by atoms with Gasteiger partial charge in [-0.15, -0.1) is 0 Å². The van der Waals surface area contributed by atoms with Gasteiger partial charge in [-0.05, 0) is 33.7 Å². The van der Waals surface area contributed by atoms with Crippen molar-refractivity contribution in [2.75, 3.05) is 13.6 Å². The maximum atomic E-state index is 11.7. The standard InChI is InChI=1S/C12H24N2O2/c1-4-13-12(16)9(2)14(3)10-7-5-6-8-11(10)15/h9-11,15H,4-8H2,1-3H3,(H,13,16). The van der Waals surface area contributed by atoms with Crippen molar-refractivity contribution < 1.29 is 9.90 Å². The molecule has 1 aliphatic carbocycles. The molecule has 0 heterocycles. The normalized spacial score (nSPS) is 27.8. The Balaban J connectivity index is 2.54. The van der Waals surface area contributed by atoms with Crippen LogP contribution in [0.3, 0.4) is 0 Å². The van der Waals surface area contributed by atoms with Gasteiger partial charge in [0.05, 0.1) is 12.1 Å². The second-order valence-electron chi connectivity index (χ2n) is 4.66. The molecule has 1 amide bonds. The SMILES string of the molecule is CCNC(=O)C(C)N(C)C1CCCCC1O. The molecule has 3 atom stereocenters. The largest absolute Gasteiger partial charge is 0.391 e. The minimum absolute atomic E-state index is 0.0442. The highest BCUT2D eigenvalue weighted by Crippen LogP contribution is 2.23. The molecule has 0 radical (unpaired) electrons. The van der Waals surface area contributed by atoms with Crippen molar-refractivity contribution >= 4 is 5.91 Å². The number of carbonyl (C=O) groups excluding carboxylic acids is 1. The van der Waals surface area contributed by atoms with Crippen LogP contribution in [0.25, 0.3) is 0 Å². The summed E-state index contributed by atoms with van der Waals surface area (Å²) in [6.07, 6.45) is 3.81. The lowest BCUT2D eigenvalue weighted by Crippen LogP contribution is -2.52. The molecule has 0 aromatic heterocycles. The van der Waals surface area contributed by atoms with Crippen LogP contribution in [0.15, 0.2) is 0 Å². The number of likely N-dealkylation sites (N-methyl/N-ethyl adjacent to an activating group) is 2. The van der Waals surface area contributed by atoms with E-state index in [4.69, 9.17) is 0 Å². The van der Waals surface area contributed by atoms with Gasteiger partial charge in [0.1, 0.15) is 0 Å². The molecule has 0 aromatic carbocycles. The lowest BCUT2D eigenvalue weighted by atomic mass is 9.91. The van der Waals surface area contributed by atoms with Crippen LogP contribution in [0.4, 0.5) is 0 Å². The maximum Gasteiger partial charge on any atom is 0.237 e.